The lowest BCUT2D eigenvalue weighted by molar-refractivity contribution is 0.598. The van der Waals surface area contributed by atoms with Gasteiger partial charge in [0, 0.05) is 0 Å². The number of hydrogen-bond donors (Lipinski definition) is 0. The zero-order valence-electron chi connectivity index (χ0n) is 12.6. The van der Waals surface area contributed by atoms with Crippen molar-refractivity contribution in [2.75, 3.05) is 14.1 Å². The van der Waals surface area contributed by atoms with Crippen LogP contribution in [0, 0.1) is 0 Å². The van der Waals surface area contributed by atoms with Gasteiger partial charge >= 0.3 is 0 Å². The van der Waals surface area contributed by atoms with E-state index in [1.807, 2.05) is 0 Å². The van der Waals surface area contributed by atoms with Gasteiger partial charge in [-0.2, -0.15) is 0 Å². The summed E-state index contributed by atoms with van der Waals surface area (Å²) in [6.07, 6.45) is 6.78. The van der Waals surface area contributed by atoms with Crippen molar-refractivity contribution in [3.05, 3.63) is 35.9 Å². The minimum atomic E-state index is -1.07. The third-order valence-electron chi connectivity index (χ3n) is 4.06. The number of hydrogen-bond acceptors (Lipinski definition) is 1. The predicted octanol–water partition coefficient (Wildman–Crippen LogP) is 4.56. The molecule has 102 valence electrons. The Morgan fingerprint density at radius 3 is 2.11 bits per heavy atom. The molecule has 0 saturated carbocycles. The van der Waals surface area contributed by atoms with Crippen molar-refractivity contribution < 1.29 is 0 Å². The third kappa shape index (κ3) is 5.83. The largest absolute Gasteiger partial charge is 0.329 e. The van der Waals surface area contributed by atoms with E-state index in [0.717, 1.165) is 0 Å². The van der Waals surface area contributed by atoms with Gasteiger partial charge in [0.2, 0.25) is 0 Å². The fourth-order valence-electron chi connectivity index (χ4n) is 2.11. The Kier molecular flexibility index (Phi) is 6.65. The fraction of sp³-hybridized carbons (Fsp3) is 0.625. The predicted molar refractivity (Wildman–Crippen MR) is 84.6 cm³/mol. The van der Waals surface area contributed by atoms with Gasteiger partial charge in [0.15, 0.2) is 0 Å². The number of nitrogens with zero attached hydrogens (tertiary/aromatic N) is 1. The second-order valence-corrected chi connectivity index (χ2v) is 11.1. The molecule has 0 aliphatic heterocycles. The molecule has 0 N–H and O–H groups in total. The van der Waals surface area contributed by atoms with Gasteiger partial charge in [-0.3, -0.25) is 0 Å². The molecule has 0 bridgehead atoms. The first-order chi connectivity index (χ1) is 8.52. The summed E-state index contributed by atoms with van der Waals surface area (Å²) in [4.78, 5) is 0. The molecule has 0 radical (unpaired) electrons. The van der Waals surface area contributed by atoms with Crippen LogP contribution < -0.4 is 0 Å². The van der Waals surface area contributed by atoms with E-state index in [1.165, 1.54) is 43.7 Å². The van der Waals surface area contributed by atoms with Gasteiger partial charge in [-0.05, 0) is 38.5 Å². The first-order valence-corrected chi connectivity index (χ1v) is 10.4. The molecule has 0 aromatic heterocycles. The lowest BCUT2D eigenvalue weighted by Gasteiger charge is -2.30. The van der Waals surface area contributed by atoms with Gasteiger partial charge < -0.3 is 4.57 Å². The molecule has 18 heavy (non-hydrogen) atoms. The second kappa shape index (κ2) is 7.75. The van der Waals surface area contributed by atoms with Gasteiger partial charge in [-0.15, -0.1) is 0 Å². The van der Waals surface area contributed by atoms with E-state index in [0.29, 0.717) is 0 Å². The summed E-state index contributed by atoms with van der Waals surface area (Å²) >= 11 is 0. The minimum Gasteiger partial charge on any atom is -0.329 e. The highest BCUT2D eigenvalue weighted by Crippen LogP contribution is 2.17. The van der Waals surface area contributed by atoms with E-state index in [-0.39, 0.29) is 0 Å². The summed E-state index contributed by atoms with van der Waals surface area (Å²) in [6.45, 7) is 4.94. The molecule has 1 rings (SSSR count). The van der Waals surface area contributed by atoms with Gasteiger partial charge in [-0.25, -0.2) is 0 Å². The van der Waals surface area contributed by atoms with Crippen LogP contribution in [-0.2, 0) is 6.42 Å². The van der Waals surface area contributed by atoms with Crippen molar-refractivity contribution in [1.29, 1.82) is 0 Å². The monoisotopic (exact) mass is 263 g/mol. The molecule has 0 spiro atoms. The SMILES string of the molecule is CN(C)[Si](C)(C)CCCCCCc1ccccc1. The summed E-state index contributed by atoms with van der Waals surface area (Å²) in [6, 6.07) is 12.3. The van der Waals surface area contributed by atoms with E-state index in [4.69, 9.17) is 0 Å². The van der Waals surface area contributed by atoms with Crippen molar-refractivity contribution in [1.82, 2.24) is 4.57 Å². The normalized spacial score (nSPS) is 12.1. The van der Waals surface area contributed by atoms with Crippen molar-refractivity contribution in [3.63, 3.8) is 0 Å². The zero-order valence-corrected chi connectivity index (χ0v) is 13.6. The highest BCUT2D eigenvalue weighted by Gasteiger charge is 2.22. The Labute approximate surface area is 114 Å². The number of unbranched alkanes of at least 4 members (excludes halogenated alkanes) is 3. The fourth-order valence-corrected chi connectivity index (χ4v) is 3.67. The van der Waals surface area contributed by atoms with E-state index in [2.05, 4.69) is 62.1 Å². The topological polar surface area (TPSA) is 3.24 Å². The number of aryl methyl sites for hydroxylation is 1. The molecule has 0 aliphatic rings. The van der Waals surface area contributed by atoms with Crippen LogP contribution in [-0.4, -0.2) is 26.9 Å². The van der Waals surface area contributed by atoms with Crippen LogP contribution in [0.2, 0.25) is 19.1 Å². The average molecular weight is 264 g/mol. The lowest BCUT2D eigenvalue weighted by Crippen LogP contribution is -2.43. The lowest BCUT2D eigenvalue weighted by atomic mass is 10.1. The van der Waals surface area contributed by atoms with Crippen LogP contribution in [0.25, 0.3) is 0 Å². The second-order valence-electron chi connectivity index (χ2n) is 6.11. The molecule has 1 aromatic rings. The molecular weight excluding hydrogens is 234 g/mol. The van der Waals surface area contributed by atoms with Crippen LogP contribution in [0.3, 0.4) is 0 Å². The zero-order chi connectivity index (χ0) is 13.4. The Balaban J connectivity index is 2.06. The highest BCUT2D eigenvalue weighted by molar-refractivity contribution is 6.74. The maximum absolute atomic E-state index is 2.47. The first-order valence-electron chi connectivity index (χ1n) is 7.24. The molecule has 0 unspecified atom stereocenters. The standard InChI is InChI=1S/C16H29NSi/c1-17(2)18(3,4)15-11-6-5-8-12-16-13-9-7-10-14-16/h7,9-10,13-14H,5-6,8,11-12,15H2,1-4H3. The smallest absolute Gasteiger partial charge is 0.121 e. The van der Waals surface area contributed by atoms with Crippen molar-refractivity contribution >= 4 is 8.24 Å². The molecule has 0 saturated heterocycles. The van der Waals surface area contributed by atoms with Gasteiger partial charge in [-0.1, -0.05) is 62.7 Å². The number of benzene rings is 1. The van der Waals surface area contributed by atoms with Crippen LogP contribution in [0.4, 0.5) is 0 Å². The number of rotatable bonds is 8. The van der Waals surface area contributed by atoms with E-state index in [1.54, 1.807) is 0 Å². The Morgan fingerprint density at radius 2 is 1.50 bits per heavy atom. The van der Waals surface area contributed by atoms with Crippen LogP contribution >= 0.6 is 0 Å². The summed E-state index contributed by atoms with van der Waals surface area (Å²) in [5.41, 5.74) is 1.49. The van der Waals surface area contributed by atoms with Crippen molar-refractivity contribution in [2.24, 2.45) is 0 Å². The molecule has 0 amide bonds. The van der Waals surface area contributed by atoms with E-state index in [9.17, 15) is 0 Å². The molecule has 0 fully saturated rings. The molecule has 1 aromatic carbocycles. The average Bonchev–Trinajstić information content (AvgIpc) is 2.34. The molecular formula is C16H29NSi. The molecule has 0 heterocycles. The van der Waals surface area contributed by atoms with Gasteiger partial charge in [0.25, 0.3) is 0 Å². The molecule has 0 atom stereocenters. The Morgan fingerprint density at radius 1 is 0.889 bits per heavy atom. The third-order valence-corrected chi connectivity index (χ3v) is 8.06. The molecule has 0 aliphatic carbocycles. The first kappa shape index (κ1) is 15.5. The van der Waals surface area contributed by atoms with Crippen molar-refractivity contribution in [3.8, 4) is 0 Å². The maximum Gasteiger partial charge on any atom is 0.121 e. The van der Waals surface area contributed by atoms with Crippen LogP contribution in [0.5, 0.6) is 0 Å². The summed E-state index contributed by atoms with van der Waals surface area (Å²) in [5, 5.41) is 0. The van der Waals surface area contributed by atoms with Gasteiger partial charge in [0.05, 0.1) is 0 Å². The minimum absolute atomic E-state index is 1.07. The highest BCUT2D eigenvalue weighted by atomic mass is 28.3. The molecule has 2 heteroatoms. The Bertz CT molecular complexity index is 319. The molecule has 1 nitrogen and oxygen atoms in total. The summed E-state index contributed by atoms with van der Waals surface area (Å²) < 4.78 is 2.47. The summed E-state index contributed by atoms with van der Waals surface area (Å²) in [7, 11) is 3.40. The quantitative estimate of drug-likeness (QED) is 0.491. The van der Waals surface area contributed by atoms with E-state index >= 15 is 0 Å². The van der Waals surface area contributed by atoms with Gasteiger partial charge in [0.1, 0.15) is 8.24 Å². The van der Waals surface area contributed by atoms with Crippen molar-refractivity contribution in [2.45, 2.75) is 51.2 Å². The van der Waals surface area contributed by atoms with E-state index < -0.39 is 8.24 Å². The summed E-state index contributed by atoms with van der Waals surface area (Å²) in [5.74, 6) is 0. The maximum atomic E-state index is 2.47. The van der Waals surface area contributed by atoms with Crippen LogP contribution in [0.1, 0.15) is 31.2 Å². The van der Waals surface area contributed by atoms with Crippen LogP contribution in [0.15, 0.2) is 30.3 Å². The Hall–Kier alpha value is -0.603.